The summed E-state index contributed by atoms with van der Waals surface area (Å²) >= 11 is 0. The first-order valence-electron chi connectivity index (χ1n) is 16.9. The molecule has 3 heterocycles. The monoisotopic (exact) mass is 722 g/mol. The Bertz CT molecular complexity index is 2250. The Morgan fingerprint density at radius 1 is 1.08 bits per heavy atom. The summed E-state index contributed by atoms with van der Waals surface area (Å²) in [5.41, 5.74) is 0.612. The molecule has 0 unspecified atom stereocenters. The van der Waals surface area contributed by atoms with Crippen LogP contribution in [0.25, 0.3) is 22.3 Å². The fourth-order valence-electron chi connectivity index (χ4n) is 7.03. The molecule has 6 rings (SSSR count). The number of halogens is 3. The third-order valence-electron chi connectivity index (χ3n) is 9.92. The van der Waals surface area contributed by atoms with Gasteiger partial charge in [-0.25, -0.2) is 26.9 Å². The van der Waals surface area contributed by atoms with Gasteiger partial charge in [0.15, 0.2) is 33.1 Å². The molecular formula is C38H41F3N4O5S. The molecule has 9 nitrogen and oxygen atoms in total. The highest BCUT2D eigenvalue weighted by Gasteiger charge is 2.36. The number of hydrogen-bond acceptors (Lipinski definition) is 6. The zero-order chi connectivity index (χ0) is 36.9. The molecule has 0 fully saturated rings. The summed E-state index contributed by atoms with van der Waals surface area (Å²) in [7, 11) is -1.95. The summed E-state index contributed by atoms with van der Waals surface area (Å²) in [6.07, 6.45) is 3.51. The average Bonchev–Trinajstić information content (AvgIpc) is 3.65. The van der Waals surface area contributed by atoms with Gasteiger partial charge in [0, 0.05) is 18.6 Å². The maximum atomic E-state index is 15.5. The molecule has 0 amide bonds. The molecule has 6 bridgehead atoms. The number of carbonyl (C=O) groups is 1. The summed E-state index contributed by atoms with van der Waals surface area (Å²) in [5.74, 6) is -4.73. The van der Waals surface area contributed by atoms with Gasteiger partial charge in [-0.3, -0.25) is 4.79 Å². The van der Waals surface area contributed by atoms with E-state index < -0.39 is 55.8 Å². The molecule has 3 aromatic carbocycles. The maximum Gasteiger partial charge on any atom is 0.306 e. The van der Waals surface area contributed by atoms with Crippen LogP contribution in [0.5, 0.6) is 11.5 Å². The number of ether oxygens (including phenoxy) is 1. The van der Waals surface area contributed by atoms with Crippen molar-refractivity contribution in [2.75, 3.05) is 11.5 Å². The second-order valence-electron chi connectivity index (χ2n) is 14.7. The van der Waals surface area contributed by atoms with Gasteiger partial charge in [0.2, 0.25) is 5.82 Å². The molecule has 1 aliphatic rings. The fourth-order valence-corrected chi connectivity index (χ4v) is 9.04. The Labute approximate surface area is 294 Å². The number of sulfone groups is 1. The first kappa shape index (κ1) is 36.2. The molecule has 0 spiro atoms. The van der Waals surface area contributed by atoms with E-state index in [1.807, 2.05) is 45.0 Å². The predicted molar refractivity (Wildman–Crippen MR) is 188 cm³/mol. The number of fused-ring (bicyclic) bond motifs is 6. The van der Waals surface area contributed by atoms with Crippen LogP contribution in [0.3, 0.4) is 0 Å². The molecule has 270 valence electrons. The molecule has 2 atom stereocenters. The van der Waals surface area contributed by atoms with E-state index >= 15 is 13.2 Å². The van der Waals surface area contributed by atoms with E-state index in [1.165, 1.54) is 29.1 Å². The largest absolute Gasteiger partial charge is 0.481 e. The van der Waals surface area contributed by atoms with Crippen LogP contribution < -0.4 is 4.74 Å². The number of H-pyrrole nitrogens is 1. The smallest absolute Gasteiger partial charge is 0.306 e. The van der Waals surface area contributed by atoms with Crippen LogP contribution in [0.1, 0.15) is 69.5 Å². The Balaban J connectivity index is 1.49. The third-order valence-corrected chi connectivity index (χ3v) is 12.0. The number of aromatic amines is 1. The zero-order valence-corrected chi connectivity index (χ0v) is 30.0. The van der Waals surface area contributed by atoms with E-state index in [1.54, 1.807) is 14.0 Å². The molecular weight excluding hydrogens is 682 g/mol. The lowest BCUT2D eigenvalue weighted by atomic mass is 9.75. The maximum absolute atomic E-state index is 15.5. The molecule has 5 aromatic rings. The van der Waals surface area contributed by atoms with Crippen LogP contribution >= 0.6 is 0 Å². The summed E-state index contributed by atoms with van der Waals surface area (Å²) in [6.45, 7) is 7.43. The minimum absolute atomic E-state index is 0.0212. The van der Waals surface area contributed by atoms with Crippen LogP contribution in [0.2, 0.25) is 0 Å². The summed E-state index contributed by atoms with van der Waals surface area (Å²) < 4.78 is 80.2. The van der Waals surface area contributed by atoms with E-state index in [-0.39, 0.29) is 46.0 Å². The number of nitrogens with one attached hydrogen (secondary N) is 1. The number of carboxylic acids is 1. The first-order chi connectivity index (χ1) is 24.0. The summed E-state index contributed by atoms with van der Waals surface area (Å²) in [6, 6.07) is 12.7. The van der Waals surface area contributed by atoms with Crippen LogP contribution in [0.15, 0.2) is 54.7 Å². The molecule has 1 aliphatic heterocycles. The molecule has 0 saturated carbocycles. The van der Waals surface area contributed by atoms with Crippen molar-refractivity contribution in [3.63, 3.8) is 0 Å². The van der Waals surface area contributed by atoms with E-state index in [0.29, 0.717) is 37.1 Å². The standard InChI is InChI=1S/C38H41F3N4O5S/c1-22(35(46)47)16-23-8-6-9-25(17-23)38(4)14-7-13-37(2,3)21-51(48,49)15-12-24-20-42-33-27(24)19-30(31(40)32(33)41)50-26-10-11-29(39)28(18-26)34-43-36(38)44-45(34)5/h6,8-11,17-20,22,42H,7,12-16,21H2,1-5H3,(H,46,47)/t22-,38+/m0/s1. The lowest BCUT2D eigenvalue weighted by Gasteiger charge is -2.31. The van der Waals surface area contributed by atoms with Gasteiger partial charge in [0.05, 0.1) is 33.9 Å². The van der Waals surface area contributed by atoms with Crippen molar-refractivity contribution < 1.29 is 36.2 Å². The third kappa shape index (κ3) is 7.40. The Morgan fingerprint density at radius 3 is 2.59 bits per heavy atom. The summed E-state index contributed by atoms with van der Waals surface area (Å²) in [5, 5.41) is 14.6. The van der Waals surface area contributed by atoms with Crippen molar-refractivity contribution in [1.82, 2.24) is 19.7 Å². The molecule has 13 heteroatoms. The number of rotatable bonds is 4. The molecule has 0 aliphatic carbocycles. The lowest BCUT2D eigenvalue weighted by molar-refractivity contribution is -0.141. The Hall–Kier alpha value is -4.65. The van der Waals surface area contributed by atoms with E-state index in [9.17, 15) is 18.3 Å². The normalized spacial score (nSPS) is 19.8. The molecule has 0 saturated heterocycles. The topological polar surface area (TPSA) is 127 Å². The van der Waals surface area contributed by atoms with Gasteiger partial charge in [-0.05, 0) is 79.0 Å². The molecule has 51 heavy (non-hydrogen) atoms. The van der Waals surface area contributed by atoms with Gasteiger partial charge in [-0.1, -0.05) is 51.5 Å². The van der Waals surface area contributed by atoms with Gasteiger partial charge in [-0.2, -0.15) is 9.49 Å². The van der Waals surface area contributed by atoms with Gasteiger partial charge in [0.1, 0.15) is 11.6 Å². The summed E-state index contributed by atoms with van der Waals surface area (Å²) in [4.78, 5) is 19.2. The zero-order valence-electron chi connectivity index (χ0n) is 29.2. The van der Waals surface area contributed by atoms with Gasteiger partial charge >= 0.3 is 5.97 Å². The molecule has 2 N–H and O–H groups in total. The van der Waals surface area contributed by atoms with E-state index in [0.717, 1.165) is 17.2 Å². The molecule has 0 radical (unpaired) electrons. The minimum Gasteiger partial charge on any atom is -0.481 e. The van der Waals surface area contributed by atoms with Gasteiger partial charge < -0.3 is 14.8 Å². The highest BCUT2D eigenvalue weighted by Crippen LogP contribution is 2.40. The lowest BCUT2D eigenvalue weighted by Crippen LogP contribution is -2.29. The van der Waals surface area contributed by atoms with Crippen molar-refractivity contribution in [3.05, 3.63) is 94.7 Å². The van der Waals surface area contributed by atoms with Crippen LogP contribution in [-0.4, -0.2) is 50.7 Å². The first-order valence-corrected chi connectivity index (χ1v) is 18.7. The number of aliphatic carboxylic acids is 1. The van der Waals surface area contributed by atoms with Gasteiger partial charge in [-0.15, -0.1) is 0 Å². The second-order valence-corrected chi connectivity index (χ2v) is 16.9. The van der Waals surface area contributed by atoms with Crippen molar-refractivity contribution in [1.29, 1.82) is 0 Å². The second kappa shape index (κ2) is 13.5. The van der Waals surface area contributed by atoms with E-state index in [2.05, 4.69) is 4.98 Å². The van der Waals surface area contributed by atoms with Gasteiger partial charge in [0.25, 0.3) is 0 Å². The quantitative estimate of drug-likeness (QED) is 0.193. The highest BCUT2D eigenvalue weighted by atomic mass is 32.2. The van der Waals surface area contributed by atoms with E-state index in [4.69, 9.17) is 14.8 Å². The number of benzene rings is 3. The SMILES string of the molecule is C[C@@H](Cc1cccc([C@@]2(C)CCCC(C)(C)CS(=O)(=O)CCc3c[nH]c4c(F)c(F)c(cc34)Oc3ccc(F)c(c3)-c3nc2nn3C)c1)C(=O)O. The number of carboxylic acid groups (broad SMARTS) is 1. The number of aryl methyl sites for hydroxylation is 2. The predicted octanol–water partition coefficient (Wildman–Crippen LogP) is 7.91. The van der Waals surface area contributed by atoms with Crippen molar-refractivity contribution in [2.24, 2.45) is 18.4 Å². The van der Waals surface area contributed by atoms with Crippen molar-refractivity contribution in [3.8, 4) is 22.9 Å². The van der Waals surface area contributed by atoms with Crippen LogP contribution in [0, 0.1) is 28.8 Å². The Kier molecular flexibility index (Phi) is 9.55. The van der Waals surface area contributed by atoms with Crippen molar-refractivity contribution in [2.45, 2.75) is 65.2 Å². The van der Waals surface area contributed by atoms with Crippen molar-refractivity contribution >= 4 is 26.7 Å². The molecule has 2 aromatic heterocycles. The number of nitrogens with zero attached hydrogens (tertiary/aromatic N) is 3. The highest BCUT2D eigenvalue weighted by molar-refractivity contribution is 7.91. The minimum atomic E-state index is -3.57. The van der Waals surface area contributed by atoms with Crippen LogP contribution in [0.4, 0.5) is 13.2 Å². The number of hydrogen-bond donors (Lipinski definition) is 2. The Morgan fingerprint density at radius 2 is 1.84 bits per heavy atom. The van der Waals surface area contributed by atoms with Crippen LogP contribution in [-0.2, 0) is 39.9 Å². The number of aromatic nitrogens is 4. The average molecular weight is 723 g/mol. The fraction of sp³-hybridized carbons (Fsp3) is 0.395.